The second-order valence-corrected chi connectivity index (χ2v) is 4.85. The van der Waals surface area contributed by atoms with Gasteiger partial charge >= 0.3 is 0 Å². The van der Waals surface area contributed by atoms with Crippen molar-refractivity contribution in [3.8, 4) is 0 Å². The summed E-state index contributed by atoms with van der Waals surface area (Å²) in [5.41, 5.74) is 8.04. The van der Waals surface area contributed by atoms with Crippen molar-refractivity contribution < 1.29 is 0 Å². The number of nitrogens with one attached hydrogen (secondary N) is 1. The maximum absolute atomic E-state index is 5.62. The lowest BCUT2D eigenvalue weighted by Gasteiger charge is -2.02. The summed E-state index contributed by atoms with van der Waals surface area (Å²) < 4.78 is 1.65. The first kappa shape index (κ1) is 10.8. The van der Waals surface area contributed by atoms with E-state index in [2.05, 4.69) is 16.7 Å². The number of aromatic nitrogens is 2. The van der Waals surface area contributed by atoms with E-state index in [9.17, 15) is 0 Å². The van der Waals surface area contributed by atoms with Crippen LogP contribution in [0.25, 0.3) is 0 Å². The molecule has 1 aromatic rings. The van der Waals surface area contributed by atoms with Gasteiger partial charge in [-0.25, -0.2) is 0 Å². The molecule has 1 aliphatic rings. The zero-order valence-electron chi connectivity index (χ0n) is 8.62. The molecule has 0 unspecified atom stereocenters. The molecule has 82 valence electrons. The number of aryl methyl sites for hydroxylation is 1. The fourth-order valence-electron chi connectivity index (χ4n) is 1.80. The normalized spacial score (nSPS) is 13.7. The van der Waals surface area contributed by atoms with Gasteiger partial charge in [-0.05, 0) is 30.6 Å². The third-order valence-electron chi connectivity index (χ3n) is 2.49. The molecular weight excluding hydrogens is 228 g/mol. The molecule has 15 heavy (non-hydrogen) atoms. The van der Waals surface area contributed by atoms with Crippen LogP contribution in [0.2, 0.25) is 0 Å². The van der Waals surface area contributed by atoms with Crippen LogP contribution < -0.4 is 11.1 Å². The van der Waals surface area contributed by atoms with Crippen LogP contribution in [0, 0.1) is 0 Å². The third kappa shape index (κ3) is 1.96. The molecule has 2 rings (SSSR count). The zero-order valence-corrected chi connectivity index (χ0v) is 10.2. The van der Waals surface area contributed by atoms with Crippen molar-refractivity contribution in [1.29, 1.82) is 0 Å². The van der Waals surface area contributed by atoms with Gasteiger partial charge in [0.1, 0.15) is 5.82 Å². The summed E-state index contributed by atoms with van der Waals surface area (Å²) in [5.74, 6) is 2.08. The first-order valence-electron chi connectivity index (χ1n) is 4.87. The van der Waals surface area contributed by atoms with Gasteiger partial charge in [0.05, 0.1) is 5.69 Å². The Hall–Kier alpha value is -0.750. The zero-order chi connectivity index (χ0) is 10.8. The lowest BCUT2D eigenvalue weighted by atomic mass is 10.2. The smallest absolute Gasteiger partial charge is 0.193 e. The van der Waals surface area contributed by atoms with Crippen LogP contribution in [0.5, 0.6) is 0 Å². The summed E-state index contributed by atoms with van der Waals surface area (Å²) in [7, 11) is 0. The summed E-state index contributed by atoms with van der Waals surface area (Å²) in [6.07, 6.45) is 4.12. The van der Waals surface area contributed by atoms with Gasteiger partial charge in [-0.3, -0.25) is 0 Å². The average molecular weight is 242 g/mol. The van der Waals surface area contributed by atoms with Gasteiger partial charge < -0.3 is 11.1 Å². The highest BCUT2D eigenvalue weighted by molar-refractivity contribution is 7.98. The number of fused-ring (bicyclic) bond motifs is 1. The Morgan fingerprint density at radius 3 is 3.20 bits per heavy atom. The van der Waals surface area contributed by atoms with Crippen molar-refractivity contribution in [3.63, 3.8) is 0 Å². The highest BCUT2D eigenvalue weighted by Gasteiger charge is 2.22. The lowest BCUT2D eigenvalue weighted by Crippen LogP contribution is -2.22. The average Bonchev–Trinajstić information content (AvgIpc) is 2.75. The summed E-state index contributed by atoms with van der Waals surface area (Å²) in [6.45, 7) is 0.960. The molecule has 0 saturated carbocycles. The Balaban J connectivity index is 2.31. The van der Waals surface area contributed by atoms with Gasteiger partial charge in [-0.1, -0.05) is 0 Å². The highest BCUT2D eigenvalue weighted by Crippen LogP contribution is 2.26. The van der Waals surface area contributed by atoms with Gasteiger partial charge in [0.2, 0.25) is 0 Å². The molecule has 0 aromatic carbocycles. The number of nitrogens with two attached hydrogens (primary N) is 1. The maximum atomic E-state index is 5.62. The van der Waals surface area contributed by atoms with Crippen LogP contribution in [0.1, 0.15) is 11.3 Å². The second-order valence-electron chi connectivity index (χ2n) is 3.44. The topological polar surface area (TPSA) is 55.9 Å². The Morgan fingerprint density at radius 1 is 1.73 bits per heavy atom. The Bertz CT molecular complexity index is 386. The molecule has 0 saturated heterocycles. The van der Waals surface area contributed by atoms with E-state index < -0.39 is 0 Å². The van der Waals surface area contributed by atoms with Crippen molar-refractivity contribution in [2.24, 2.45) is 5.73 Å². The molecular formula is C9H14N4S2. The molecule has 0 bridgehead atoms. The first-order chi connectivity index (χ1) is 7.24. The van der Waals surface area contributed by atoms with E-state index in [1.807, 2.05) is 11.8 Å². The van der Waals surface area contributed by atoms with Gasteiger partial charge in [-0.2, -0.15) is 21.5 Å². The molecule has 0 spiro atoms. The molecule has 0 radical (unpaired) electrons. The van der Waals surface area contributed by atoms with E-state index in [0.29, 0.717) is 5.11 Å². The van der Waals surface area contributed by atoms with Gasteiger partial charge in [0.25, 0.3) is 0 Å². The third-order valence-corrected chi connectivity index (χ3v) is 3.27. The Labute approximate surface area is 98.6 Å². The number of anilines is 1. The van der Waals surface area contributed by atoms with Crippen LogP contribution in [-0.2, 0) is 12.8 Å². The number of hydrogen-bond acceptors (Lipinski definition) is 4. The largest absolute Gasteiger partial charge is 0.374 e. The molecule has 0 atom stereocenters. The van der Waals surface area contributed by atoms with E-state index in [-0.39, 0.29) is 0 Å². The van der Waals surface area contributed by atoms with Crippen molar-refractivity contribution >= 4 is 34.9 Å². The standard InChI is InChI=1S/C9H14N4S2/c1-15-5-3-7-6-2-4-11-8(6)13(12-7)9(10)14/h11H,2-5H2,1H3,(H2,10,14). The summed E-state index contributed by atoms with van der Waals surface area (Å²) in [6, 6.07) is 0. The monoisotopic (exact) mass is 242 g/mol. The summed E-state index contributed by atoms with van der Waals surface area (Å²) in [4.78, 5) is 0. The van der Waals surface area contributed by atoms with E-state index in [1.54, 1.807) is 4.68 Å². The minimum absolute atomic E-state index is 0.316. The van der Waals surface area contributed by atoms with Gasteiger partial charge in [-0.15, -0.1) is 0 Å². The molecule has 4 nitrogen and oxygen atoms in total. The van der Waals surface area contributed by atoms with Crippen molar-refractivity contribution in [2.75, 3.05) is 23.9 Å². The van der Waals surface area contributed by atoms with Crippen LogP contribution in [0.4, 0.5) is 5.82 Å². The quantitative estimate of drug-likeness (QED) is 0.770. The van der Waals surface area contributed by atoms with E-state index in [1.165, 1.54) is 5.56 Å². The lowest BCUT2D eigenvalue weighted by molar-refractivity contribution is 0.872. The maximum Gasteiger partial charge on any atom is 0.193 e. The highest BCUT2D eigenvalue weighted by atomic mass is 32.2. The minimum Gasteiger partial charge on any atom is -0.374 e. The fraction of sp³-hybridized carbons (Fsp3) is 0.556. The summed E-state index contributed by atoms with van der Waals surface area (Å²) in [5, 5.41) is 8.03. The van der Waals surface area contributed by atoms with Crippen molar-refractivity contribution in [2.45, 2.75) is 12.8 Å². The molecule has 6 heteroatoms. The van der Waals surface area contributed by atoms with E-state index >= 15 is 0 Å². The van der Waals surface area contributed by atoms with Crippen LogP contribution in [0.15, 0.2) is 0 Å². The van der Waals surface area contributed by atoms with E-state index in [0.717, 1.165) is 36.7 Å². The predicted molar refractivity (Wildman–Crippen MR) is 68.7 cm³/mol. The molecule has 0 fully saturated rings. The number of thioether (sulfide) groups is 1. The molecule has 1 aliphatic heterocycles. The van der Waals surface area contributed by atoms with Crippen LogP contribution >= 0.6 is 24.0 Å². The Kier molecular flexibility index (Phi) is 3.16. The SMILES string of the molecule is CSCCc1nn(C(N)=S)c2c1CCN2. The number of nitrogens with zero attached hydrogens (tertiary/aromatic N) is 2. The van der Waals surface area contributed by atoms with Crippen molar-refractivity contribution in [1.82, 2.24) is 9.78 Å². The second kappa shape index (κ2) is 4.40. The number of hydrogen-bond donors (Lipinski definition) is 2. The van der Waals surface area contributed by atoms with Crippen LogP contribution in [0.3, 0.4) is 0 Å². The molecule has 0 amide bonds. The minimum atomic E-state index is 0.316. The van der Waals surface area contributed by atoms with Crippen LogP contribution in [-0.4, -0.2) is 33.4 Å². The number of rotatable bonds is 3. The Morgan fingerprint density at radius 2 is 2.53 bits per heavy atom. The predicted octanol–water partition coefficient (Wildman–Crippen LogP) is 0.848. The number of thiocarbonyl (C=S) groups is 1. The molecule has 2 heterocycles. The molecule has 0 aliphatic carbocycles. The van der Waals surface area contributed by atoms with E-state index in [4.69, 9.17) is 18.0 Å². The van der Waals surface area contributed by atoms with Crippen molar-refractivity contribution in [3.05, 3.63) is 11.3 Å². The fourth-order valence-corrected chi connectivity index (χ4v) is 2.33. The molecule has 3 N–H and O–H groups in total. The first-order valence-corrected chi connectivity index (χ1v) is 6.67. The summed E-state index contributed by atoms with van der Waals surface area (Å²) >= 11 is 6.79. The van der Waals surface area contributed by atoms with Gasteiger partial charge in [0.15, 0.2) is 5.11 Å². The van der Waals surface area contributed by atoms with Gasteiger partial charge in [0, 0.05) is 18.5 Å². The molecule has 1 aromatic heterocycles.